The third kappa shape index (κ3) is 3.20. The zero-order valence-corrected chi connectivity index (χ0v) is 17.8. The van der Waals surface area contributed by atoms with Crippen LogP contribution < -0.4 is 10.2 Å². The second-order valence-electron chi connectivity index (χ2n) is 10.1. The fourth-order valence-electron chi connectivity index (χ4n) is 7.25. The number of hydrogen-bond donors (Lipinski definition) is 1. The monoisotopic (exact) mass is 398 g/mol. The highest BCUT2D eigenvalue weighted by molar-refractivity contribution is 5.69. The van der Waals surface area contributed by atoms with Crippen LogP contribution in [0.3, 0.4) is 0 Å². The van der Waals surface area contributed by atoms with Gasteiger partial charge in [-0.3, -0.25) is 10.1 Å². The molecule has 0 spiro atoms. The minimum Gasteiger partial charge on any atom is -0.376 e. The summed E-state index contributed by atoms with van der Waals surface area (Å²) in [7, 11) is 2.15. The van der Waals surface area contributed by atoms with Crippen LogP contribution in [0.5, 0.6) is 0 Å². The summed E-state index contributed by atoms with van der Waals surface area (Å²) in [6.07, 6.45) is 8.13. The van der Waals surface area contributed by atoms with Gasteiger partial charge in [-0.1, -0.05) is 12.8 Å². The molecule has 1 heterocycles. The number of likely N-dealkylation sites (N-methyl/N-ethyl adjacent to an activating group) is 1. The van der Waals surface area contributed by atoms with Gasteiger partial charge in [0.2, 0.25) is 0 Å². The van der Waals surface area contributed by atoms with Gasteiger partial charge in [-0.05, 0) is 75.0 Å². The Hall–Kier alpha value is -1.82. The molecular weight excluding hydrogens is 364 g/mol. The average Bonchev–Trinajstić information content (AvgIpc) is 3.28. The number of hydrogen-bond acceptors (Lipinski definition) is 5. The molecule has 4 fully saturated rings. The minimum atomic E-state index is -0.231. The molecule has 6 nitrogen and oxygen atoms in total. The Morgan fingerprint density at radius 3 is 2.76 bits per heavy atom. The second kappa shape index (κ2) is 7.15. The number of rotatable bonds is 5. The van der Waals surface area contributed by atoms with Gasteiger partial charge in [-0.2, -0.15) is 0 Å². The molecule has 158 valence electrons. The van der Waals surface area contributed by atoms with Crippen LogP contribution in [0, 0.1) is 33.3 Å². The predicted octanol–water partition coefficient (Wildman–Crippen LogP) is 4.36. The summed E-state index contributed by atoms with van der Waals surface area (Å²) in [5.74, 6) is 2.61. The van der Waals surface area contributed by atoms with Crippen molar-refractivity contribution in [2.24, 2.45) is 23.2 Å². The van der Waals surface area contributed by atoms with Crippen LogP contribution in [-0.4, -0.2) is 49.1 Å². The van der Waals surface area contributed by atoms with Gasteiger partial charge in [0, 0.05) is 44.0 Å². The molecule has 2 bridgehead atoms. The maximum Gasteiger partial charge on any atom is 0.292 e. The molecule has 3 saturated carbocycles. The van der Waals surface area contributed by atoms with Crippen molar-refractivity contribution in [1.29, 1.82) is 0 Å². The number of nitro benzene ring substituents is 1. The fraction of sp³-hybridized carbons (Fsp3) is 0.739. The van der Waals surface area contributed by atoms with Gasteiger partial charge in [0.15, 0.2) is 0 Å². The molecule has 1 aliphatic heterocycles. The maximum atomic E-state index is 11.7. The molecule has 1 N–H and O–H groups in total. The summed E-state index contributed by atoms with van der Waals surface area (Å²) < 4.78 is 0. The molecule has 1 aromatic carbocycles. The van der Waals surface area contributed by atoms with Gasteiger partial charge >= 0.3 is 0 Å². The van der Waals surface area contributed by atoms with E-state index >= 15 is 0 Å². The highest BCUT2D eigenvalue weighted by atomic mass is 16.6. The van der Waals surface area contributed by atoms with Crippen LogP contribution in [-0.2, 0) is 0 Å². The molecule has 4 aliphatic rings. The molecule has 6 heteroatoms. The second-order valence-corrected chi connectivity index (χ2v) is 10.1. The molecule has 1 saturated heterocycles. The number of nitrogens with zero attached hydrogens (tertiary/aromatic N) is 3. The van der Waals surface area contributed by atoms with E-state index in [9.17, 15) is 10.1 Å². The Labute approximate surface area is 173 Å². The van der Waals surface area contributed by atoms with Crippen molar-refractivity contribution in [3.8, 4) is 0 Å². The molecule has 29 heavy (non-hydrogen) atoms. The molecular formula is C23H34N4O2. The lowest BCUT2D eigenvalue weighted by Gasteiger charge is -2.50. The zero-order valence-electron chi connectivity index (χ0n) is 17.8. The Bertz CT molecular complexity index is 791. The first-order valence-corrected chi connectivity index (χ1v) is 11.4. The molecule has 5 rings (SSSR count). The van der Waals surface area contributed by atoms with Crippen molar-refractivity contribution < 1.29 is 4.92 Å². The normalized spacial score (nSPS) is 35.0. The quantitative estimate of drug-likeness (QED) is 0.590. The number of benzene rings is 1. The van der Waals surface area contributed by atoms with E-state index in [-0.39, 0.29) is 16.7 Å². The Morgan fingerprint density at radius 1 is 1.24 bits per heavy atom. The molecule has 3 aliphatic carbocycles. The number of nitrogens with one attached hydrogen (secondary N) is 1. The lowest BCUT2D eigenvalue weighted by molar-refractivity contribution is -0.384. The first kappa shape index (κ1) is 19.2. The van der Waals surface area contributed by atoms with E-state index in [1.54, 1.807) is 6.07 Å². The molecule has 1 aromatic rings. The van der Waals surface area contributed by atoms with Crippen LogP contribution in [0.15, 0.2) is 18.2 Å². The predicted molar refractivity (Wildman–Crippen MR) is 116 cm³/mol. The Balaban J connectivity index is 1.41. The number of anilines is 2. The van der Waals surface area contributed by atoms with Crippen LogP contribution in [0.1, 0.15) is 45.4 Å². The van der Waals surface area contributed by atoms with E-state index in [0.717, 1.165) is 49.6 Å². The van der Waals surface area contributed by atoms with Crippen LogP contribution >= 0.6 is 0 Å². The van der Waals surface area contributed by atoms with E-state index in [1.807, 2.05) is 12.1 Å². The summed E-state index contributed by atoms with van der Waals surface area (Å²) >= 11 is 0. The third-order valence-electron chi connectivity index (χ3n) is 8.70. The lowest BCUT2D eigenvalue weighted by Crippen LogP contribution is -2.47. The number of fused-ring (bicyclic) bond motifs is 1. The third-order valence-corrected chi connectivity index (χ3v) is 8.70. The Morgan fingerprint density at radius 2 is 2.03 bits per heavy atom. The van der Waals surface area contributed by atoms with Crippen molar-refractivity contribution >= 4 is 17.1 Å². The topological polar surface area (TPSA) is 61.6 Å². The first-order valence-electron chi connectivity index (χ1n) is 11.4. The van der Waals surface area contributed by atoms with Gasteiger partial charge in [-0.15, -0.1) is 0 Å². The largest absolute Gasteiger partial charge is 0.376 e. The van der Waals surface area contributed by atoms with Crippen molar-refractivity contribution in [2.45, 2.75) is 51.5 Å². The number of piperazine rings is 1. The average molecular weight is 399 g/mol. The van der Waals surface area contributed by atoms with Gasteiger partial charge in [0.1, 0.15) is 5.69 Å². The van der Waals surface area contributed by atoms with Crippen molar-refractivity contribution in [1.82, 2.24) is 4.90 Å². The van der Waals surface area contributed by atoms with Gasteiger partial charge in [-0.25, -0.2) is 0 Å². The van der Waals surface area contributed by atoms with Crippen LogP contribution in [0.25, 0.3) is 0 Å². The summed E-state index contributed by atoms with van der Waals surface area (Å²) in [6, 6.07) is 5.93. The van der Waals surface area contributed by atoms with Crippen molar-refractivity contribution in [2.75, 3.05) is 43.4 Å². The molecule has 0 aromatic heterocycles. The summed E-state index contributed by atoms with van der Waals surface area (Å²) in [6.45, 7) is 6.29. The summed E-state index contributed by atoms with van der Waals surface area (Å²) in [4.78, 5) is 16.2. The first-order chi connectivity index (χ1) is 14.0. The van der Waals surface area contributed by atoms with E-state index in [1.165, 1.54) is 38.5 Å². The van der Waals surface area contributed by atoms with E-state index in [4.69, 9.17) is 0 Å². The van der Waals surface area contributed by atoms with Gasteiger partial charge in [0.05, 0.1) is 4.92 Å². The summed E-state index contributed by atoms with van der Waals surface area (Å²) in [5, 5.41) is 15.4. The fourth-order valence-corrected chi connectivity index (χ4v) is 7.25. The molecule has 5 atom stereocenters. The maximum absolute atomic E-state index is 11.7. The van der Waals surface area contributed by atoms with Gasteiger partial charge in [0.25, 0.3) is 5.69 Å². The van der Waals surface area contributed by atoms with Gasteiger partial charge < -0.3 is 15.1 Å². The SMILES string of the molecule is C[C@H](Nc1cc(N2CCN(C)CC2)ccc1[N+](=O)[O-])[C@]12CCC[C@H]3C[C@H](C[C@@H]31)C2. The Kier molecular flexibility index (Phi) is 4.72. The standard InChI is InChI=1S/C23H34N4O2/c1-16(23-7-3-4-18-12-17(15-23)13-20(18)23)24-21-14-19(5-6-22(21)27(28)29)26-10-8-25(2)9-11-26/h5-6,14,16-18,20,24H,3-4,7-13,15H2,1-2H3/t16-,17+,18-,20-,23+/m0/s1. The minimum absolute atomic E-state index is 0.210. The van der Waals surface area contributed by atoms with E-state index in [0.29, 0.717) is 11.1 Å². The zero-order chi connectivity index (χ0) is 20.2. The van der Waals surface area contributed by atoms with Crippen LogP contribution in [0.2, 0.25) is 0 Å². The molecule has 0 amide bonds. The molecule has 0 radical (unpaired) electrons. The summed E-state index contributed by atoms with van der Waals surface area (Å²) in [5.41, 5.74) is 2.36. The van der Waals surface area contributed by atoms with Crippen molar-refractivity contribution in [3.05, 3.63) is 28.3 Å². The van der Waals surface area contributed by atoms with E-state index in [2.05, 4.69) is 29.1 Å². The molecule has 0 unspecified atom stereocenters. The van der Waals surface area contributed by atoms with E-state index < -0.39 is 0 Å². The van der Waals surface area contributed by atoms with Crippen molar-refractivity contribution in [3.63, 3.8) is 0 Å². The number of nitro groups is 1. The highest BCUT2D eigenvalue weighted by Crippen LogP contribution is 2.66. The smallest absolute Gasteiger partial charge is 0.292 e. The van der Waals surface area contributed by atoms with Crippen LogP contribution in [0.4, 0.5) is 17.1 Å². The lowest BCUT2D eigenvalue weighted by atomic mass is 9.58. The highest BCUT2D eigenvalue weighted by Gasteiger charge is 2.59.